The third-order valence-electron chi connectivity index (χ3n) is 6.37. The Balaban J connectivity index is 1.66. The number of hydrogen-bond donors (Lipinski definition) is 0. The minimum absolute atomic E-state index is 0.0878. The number of halogens is 2. The Bertz CT molecular complexity index is 1450. The van der Waals surface area contributed by atoms with Crippen LogP contribution in [0.3, 0.4) is 0 Å². The quantitative estimate of drug-likeness (QED) is 0.255. The summed E-state index contributed by atoms with van der Waals surface area (Å²) in [7, 11) is 0. The van der Waals surface area contributed by atoms with Crippen molar-refractivity contribution < 1.29 is 4.74 Å². The molecule has 166 valence electrons. The van der Waals surface area contributed by atoms with Crippen LogP contribution in [0.4, 0.5) is 5.69 Å². The summed E-state index contributed by atoms with van der Waals surface area (Å²) in [5.41, 5.74) is 4.40. The smallest absolute Gasteiger partial charge is 0.199 e. The predicted molar refractivity (Wildman–Crippen MR) is 141 cm³/mol. The van der Waals surface area contributed by atoms with Gasteiger partial charge in [0.1, 0.15) is 5.75 Å². The Morgan fingerprint density at radius 2 is 1.21 bits per heavy atom. The first-order valence-corrected chi connectivity index (χ1v) is 12.0. The first-order chi connectivity index (χ1) is 16.7. The molecule has 1 aliphatic heterocycles. The molecule has 5 aromatic carbocycles. The van der Waals surface area contributed by atoms with Crippen molar-refractivity contribution in [2.75, 3.05) is 4.90 Å². The van der Waals surface area contributed by atoms with E-state index in [4.69, 9.17) is 27.9 Å². The summed E-state index contributed by atoms with van der Waals surface area (Å²) in [5.74, 6) is 0.880. The van der Waals surface area contributed by atoms with E-state index in [9.17, 15) is 0 Å². The first-order valence-electron chi connectivity index (χ1n) is 11.2. The summed E-state index contributed by atoms with van der Waals surface area (Å²) < 4.78 is 6.77. The van der Waals surface area contributed by atoms with Gasteiger partial charge in [0.2, 0.25) is 0 Å². The highest BCUT2D eigenvalue weighted by molar-refractivity contribution is 6.30. The number of anilines is 1. The lowest BCUT2D eigenvalue weighted by molar-refractivity contribution is 0.170. The normalized spacial score (nSPS) is 17.3. The van der Waals surface area contributed by atoms with Gasteiger partial charge in [-0.25, -0.2) is 0 Å². The lowest BCUT2D eigenvalue weighted by Crippen LogP contribution is -2.40. The van der Waals surface area contributed by atoms with E-state index in [1.165, 1.54) is 10.8 Å². The van der Waals surface area contributed by atoms with Gasteiger partial charge >= 0.3 is 0 Å². The fraction of sp³-hybridized carbons (Fsp3) is 0.0667. The molecule has 0 amide bonds. The summed E-state index contributed by atoms with van der Waals surface area (Å²) in [5, 5.41) is 3.78. The number of nitrogens with zero attached hydrogens (tertiary/aromatic N) is 1. The Labute approximate surface area is 208 Å². The topological polar surface area (TPSA) is 12.5 Å². The molecule has 0 radical (unpaired) electrons. The number of para-hydroxylation sites is 1. The van der Waals surface area contributed by atoms with Crippen molar-refractivity contribution in [2.24, 2.45) is 0 Å². The lowest BCUT2D eigenvalue weighted by atomic mass is 9.89. The van der Waals surface area contributed by atoms with Crippen LogP contribution in [-0.4, -0.2) is 0 Å². The summed E-state index contributed by atoms with van der Waals surface area (Å²) in [4.78, 5) is 2.35. The molecule has 0 aliphatic carbocycles. The van der Waals surface area contributed by atoms with Crippen LogP contribution < -0.4 is 9.64 Å². The van der Waals surface area contributed by atoms with Gasteiger partial charge in [0, 0.05) is 26.9 Å². The van der Waals surface area contributed by atoms with Gasteiger partial charge in [-0.05, 0) is 58.8 Å². The molecular weight excluding hydrogens is 461 g/mol. The molecular formula is C30H21Cl2NO. The van der Waals surface area contributed by atoms with E-state index in [1.54, 1.807) is 0 Å². The summed E-state index contributed by atoms with van der Waals surface area (Å²) in [6, 6.07) is 39.0. The van der Waals surface area contributed by atoms with Crippen molar-refractivity contribution in [3.05, 3.63) is 142 Å². The SMILES string of the molecule is Clc1ccc([C@H]2c3c(ccc4ccccc34)O[C@H](c3ccc(Cl)cc3)N2c2ccccc2)cc1. The molecule has 0 saturated carbocycles. The second kappa shape index (κ2) is 8.72. The highest BCUT2D eigenvalue weighted by Gasteiger charge is 2.39. The molecule has 34 heavy (non-hydrogen) atoms. The molecule has 1 aliphatic rings. The molecule has 2 atom stereocenters. The maximum atomic E-state index is 6.77. The summed E-state index contributed by atoms with van der Waals surface area (Å²) >= 11 is 12.5. The van der Waals surface area contributed by atoms with Crippen LogP contribution in [0.1, 0.15) is 29.0 Å². The van der Waals surface area contributed by atoms with E-state index >= 15 is 0 Å². The molecule has 1 heterocycles. The maximum Gasteiger partial charge on any atom is 0.199 e. The second-order valence-electron chi connectivity index (χ2n) is 8.42. The zero-order valence-electron chi connectivity index (χ0n) is 18.2. The van der Waals surface area contributed by atoms with Gasteiger partial charge in [0.05, 0.1) is 6.04 Å². The predicted octanol–water partition coefficient (Wildman–Crippen LogP) is 8.83. The molecule has 0 unspecified atom stereocenters. The van der Waals surface area contributed by atoms with Gasteiger partial charge in [-0.15, -0.1) is 0 Å². The van der Waals surface area contributed by atoms with Crippen LogP contribution >= 0.6 is 23.2 Å². The van der Waals surface area contributed by atoms with Gasteiger partial charge in [-0.2, -0.15) is 0 Å². The van der Waals surface area contributed by atoms with E-state index < -0.39 is 0 Å². The Morgan fingerprint density at radius 3 is 1.91 bits per heavy atom. The molecule has 0 spiro atoms. The van der Waals surface area contributed by atoms with Crippen LogP contribution in [-0.2, 0) is 0 Å². The molecule has 0 bridgehead atoms. The third kappa shape index (κ3) is 3.69. The van der Waals surface area contributed by atoms with Gasteiger partial charge in [-0.1, -0.05) is 96.0 Å². The van der Waals surface area contributed by atoms with Crippen LogP contribution in [0.5, 0.6) is 5.75 Å². The van der Waals surface area contributed by atoms with Gasteiger partial charge in [0.15, 0.2) is 6.23 Å². The van der Waals surface area contributed by atoms with Gasteiger partial charge in [0.25, 0.3) is 0 Å². The monoisotopic (exact) mass is 481 g/mol. The van der Waals surface area contributed by atoms with Crippen LogP contribution in [0.2, 0.25) is 10.0 Å². The number of rotatable bonds is 3. The fourth-order valence-corrected chi connectivity index (χ4v) is 5.08. The average Bonchev–Trinajstić information content (AvgIpc) is 2.89. The molecule has 2 nitrogen and oxygen atoms in total. The molecule has 0 N–H and O–H groups in total. The zero-order chi connectivity index (χ0) is 23.1. The number of ether oxygens (including phenoxy) is 1. The number of benzene rings is 5. The molecule has 0 aromatic heterocycles. The summed E-state index contributed by atoms with van der Waals surface area (Å²) in [6.45, 7) is 0. The van der Waals surface area contributed by atoms with Crippen molar-refractivity contribution >= 4 is 39.7 Å². The van der Waals surface area contributed by atoms with E-state index in [0.29, 0.717) is 5.02 Å². The van der Waals surface area contributed by atoms with Crippen molar-refractivity contribution in [3.8, 4) is 5.75 Å². The maximum absolute atomic E-state index is 6.77. The van der Waals surface area contributed by atoms with E-state index in [2.05, 4.69) is 77.7 Å². The van der Waals surface area contributed by atoms with Crippen molar-refractivity contribution in [1.29, 1.82) is 0 Å². The Morgan fingerprint density at radius 1 is 0.588 bits per heavy atom. The highest BCUT2D eigenvalue weighted by atomic mass is 35.5. The average molecular weight is 482 g/mol. The van der Waals surface area contributed by atoms with E-state index in [-0.39, 0.29) is 12.3 Å². The van der Waals surface area contributed by atoms with Crippen molar-refractivity contribution in [1.82, 2.24) is 0 Å². The Hall–Kier alpha value is -3.46. The van der Waals surface area contributed by atoms with Crippen molar-refractivity contribution in [3.63, 3.8) is 0 Å². The Kier molecular flexibility index (Phi) is 5.41. The zero-order valence-corrected chi connectivity index (χ0v) is 19.7. The molecule has 5 aromatic rings. The first kappa shape index (κ1) is 21.1. The summed E-state index contributed by atoms with van der Waals surface area (Å²) in [6.07, 6.45) is -0.339. The van der Waals surface area contributed by atoms with Gasteiger partial charge in [-0.3, -0.25) is 0 Å². The fourth-order valence-electron chi connectivity index (χ4n) is 4.82. The second-order valence-corrected chi connectivity index (χ2v) is 9.29. The minimum Gasteiger partial charge on any atom is -0.466 e. The van der Waals surface area contributed by atoms with Gasteiger partial charge < -0.3 is 9.64 Å². The highest BCUT2D eigenvalue weighted by Crippen LogP contribution is 2.50. The standard InChI is InChI=1S/C30H21Cl2NO/c31-23-15-10-21(11-16-23)29-28-26-9-5-4-6-20(26)14-19-27(28)34-30(22-12-17-24(32)18-13-22)33(29)25-7-2-1-3-8-25/h1-19,29-30H/t29-,30+/m0/s1. The lowest BCUT2D eigenvalue weighted by Gasteiger charge is -2.45. The van der Waals surface area contributed by atoms with E-state index in [0.717, 1.165) is 33.1 Å². The van der Waals surface area contributed by atoms with Crippen molar-refractivity contribution in [2.45, 2.75) is 12.3 Å². The molecule has 0 saturated heterocycles. The third-order valence-corrected chi connectivity index (χ3v) is 6.87. The van der Waals surface area contributed by atoms with Crippen LogP contribution in [0.15, 0.2) is 115 Å². The van der Waals surface area contributed by atoms with Crippen LogP contribution in [0.25, 0.3) is 10.8 Å². The number of hydrogen-bond acceptors (Lipinski definition) is 2. The molecule has 6 rings (SSSR count). The van der Waals surface area contributed by atoms with E-state index in [1.807, 2.05) is 42.5 Å². The number of fused-ring (bicyclic) bond motifs is 3. The van der Waals surface area contributed by atoms with Crippen LogP contribution in [0, 0.1) is 0 Å². The molecule has 0 fully saturated rings. The largest absolute Gasteiger partial charge is 0.466 e. The minimum atomic E-state index is -0.339. The molecule has 4 heteroatoms.